The van der Waals surface area contributed by atoms with Crippen molar-refractivity contribution >= 4 is 35.2 Å². The van der Waals surface area contributed by atoms with Crippen molar-refractivity contribution in [2.24, 2.45) is 0 Å². The number of carbonyl (C=O) groups excluding carboxylic acids is 2. The summed E-state index contributed by atoms with van der Waals surface area (Å²) in [4.78, 5) is 25.4. The summed E-state index contributed by atoms with van der Waals surface area (Å²) in [5, 5.41) is 1.84. The van der Waals surface area contributed by atoms with Gasteiger partial charge in [-0.2, -0.15) is 0 Å². The molecular weight excluding hydrogens is 402 g/mol. The number of aryl methyl sites for hydroxylation is 1. The van der Waals surface area contributed by atoms with Crippen LogP contribution in [0.2, 0.25) is 5.02 Å². The molecule has 0 saturated carbocycles. The van der Waals surface area contributed by atoms with Crippen molar-refractivity contribution in [3.63, 3.8) is 0 Å². The smallest absolute Gasteiger partial charge is 0.282 e. The molecule has 0 bridgehead atoms. The number of aromatic nitrogens is 1. The maximum Gasteiger partial charge on any atom is 0.282 e. The average Bonchev–Trinajstić information content (AvgIpc) is 3.18. The molecule has 0 atom stereocenters. The molecule has 30 heavy (non-hydrogen) atoms. The zero-order valence-electron chi connectivity index (χ0n) is 16.8. The van der Waals surface area contributed by atoms with Crippen LogP contribution in [-0.2, 0) is 9.59 Å². The Morgan fingerprint density at radius 1 is 1.03 bits per heavy atom. The van der Waals surface area contributed by atoms with Gasteiger partial charge in [0.1, 0.15) is 11.3 Å². The van der Waals surface area contributed by atoms with Crippen molar-refractivity contribution in [2.75, 3.05) is 12.1 Å². The Bertz CT molecular complexity index is 1180. The maximum absolute atomic E-state index is 12.9. The van der Waals surface area contributed by atoms with E-state index in [4.69, 9.17) is 16.3 Å². The molecule has 2 amide bonds. The van der Waals surface area contributed by atoms with E-state index in [9.17, 15) is 9.59 Å². The third kappa shape index (κ3) is 3.35. The summed E-state index contributed by atoms with van der Waals surface area (Å²) >= 11 is 6.20. The van der Waals surface area contributed by atoms with Crippen LogP contribution < -0.4 is 15.2 Å². The van der Waals surface area contributed by atoms with Gasteiger partial charge >= 0.3 is 0 Å². The fourth-order valence-electron chi connectivity index (χ4n) is 3.61. The topological polar surface area (TPSA) is 63.6 Å². The van der Waals surface area contributed by atoms with Gasteiger partial charge in [-0.25, -0.2) is 5.01 Å². The lowest BCUT2D eigenvalue weighted by atomic mass is 10.1. The van der Waals surface area contributed by atoms with Crippen LogP contribution in [0.4, 0.5) is 5.69 Å². The molecule has 1 fully saturated rings. The van der Waals surface area contributed by atoms with Gasteiger partial charge in [-0.1, -0.05) is 29.8 Å². The number of methoxy groups -OCH3 is 1. The number of nitrogens with one attached hydrogen (secondary N) is 1. The van der Waals surface area contributed by atoms with Gasteiger partial charge in [0.05, 0.1) is 18.5 Å². The molecule has 3 aromatic rings. The second kappa shape index (κ2) is 7.72. The zero-order valence-corrected chi connectivity index (χ0v) is 17.5. The van der Waals surface area contributed by atoms with E-state index < -0.39 is 11.8 Å². The summed E-state index contributed by atoms with van der Waals surface area (Å²) in [6.07, 6.45) is 1.62. The van der Waals surface area contributed by atoms with E-state index in [2.05, 4.69) is 5.43 Å². The molecule has 1 aliphatic rings. The lowest BCUT2D eigenvalue weighted by molar-refractivity contribution is -0.117. The molecule has 152 valence electrons. The average molecular weight is 422 g/mol. The van der Waals surface area contributed by atoms with E-state index in [0.29, 0.717) is 16.5 Å². The normalized spacial score (nSPS) is 15.1. The summed E-state index contributed by atoms with van der Waals surface area (Å²) < 4.78 is 7.47. The van der Waals surface area contributed by atoms with Gasteiger partial charge in [-0.15, -0.1) is 0 Å². The van der Waals surface area contributed by atoms with Gasteiger partial charge in [0.15, 0.2) is 0 Å². The second-order valence-electron chi connectivity index (χ2n) is 6.95. The summed E-state index contributed by atoms with van der Waals surface area (Å²) in [5.41, 5.74) is 6.65. The summed E-state index contributed by atoms with van der Waals surface area (Å²) in [6, 6.07) is 16.3. The van der Waals surface area contributed by atoms with Gasteiger partial charge < -0.3 is 9.30 Å². The number of nitrogens with zero attached hydrogens (tertiary/aromatic N) is 2. The zero-order chi connectivity index (χ0) is 21.4. The van der Waals surface area contributed by atoms with Gasteiger partial charge in [-0.3, -0.25) is 15.0 Å². The Morgan fingerprint density at radius 3 is 2.47 bits per heavy atom. The molecule has 0 aliphatic carbocycles. The fraction of sp³-hybridized carbons (Fsp3) is 0.130. The number of benzene rings is 2. The fourth-order valence-corrected chi connectivity index (χ4v) is 3.78. The monoisotopic (exact) mass is 421 g/mol. The quantitative estimate of drug-likeness (QED) is 0.506. The number of rotatable bonds is 4. The third-order valence-corrected chi connectivity index (χ3v) is 5.29. The first-order valence-electron chi connectivity index (χ1n) is 9.35. The van der Waals surface area contributed by atoms with Crippen LogP contribution in [0.3, 0.4) is 0 Å². The number of hydrogen-bond donors (Lipinski definition) is 1. The standard InChI is InChI=1S/C23H20ClN3O3/c1-14-11-16(15(2)26(14)20-13-17(24)9-10-21(20)30-3)12-19-22(28)25-27(23(19)29)18-7-5-4-6-8-18/h4-13H,1-3H3,(H,25,28)/b19-12-. The van der Waals surface area contributed by atoms with Crippen LogP contribution >= 0.6 is 11.6 Å². The van der Waals surface area contributed by atoms with E-state index in [1.807, 2.05) is 48.7 Å². The Labute approximate surface area is 179 Å². The number of amides is 2. The Balaban J connectivity index is 1.76. The molecule has 1 aromatic heterocycles. The molecular formula is C23H20ClN3O3. The first-order chi connectivity index (χ1) is 14.4. The molecule has 1 N–H and O–H groups in total. The number of para-hydroxylation sites is 1. The summed E-state index contributed by atoms with van der Waals surface area (Å²) in [6.45, 7) is 3.87. The Kier molecular flexibility index (Phi) is 5.10. The molecule has 0 unspecified atom stereocenters. The predicted molar refractivity (Wildman–Crippen MR) is 117 cm³/mol. The Morgan fingerprint density at radius 2 is 1.77 bits per heavy atom. The minimum Gasteiger partial charge on any atom is -0.495 e. The molecule has 6 nitrogen and oxygen atoms in total. The number of hydrazine groups is 1. The molecule has 0 spiro atoms. The minimum atomic E-state index is -0.436. The van der Waals surface area contributed by atoms with Crippen molar-refractivity contribution in [1.82, 2.24) is 9.99 Å². The van der Waals surface area contributed by atoms with Crippen LogP contribution in [0.15, 0.2) is 60.2 Å². The molecule has 1 saturated heterocycles. The van der Waals surface area contributed by atoms with Gasteiger partial charge in [0.2, 0.25) is 0 Å². The van der Waals surface area contributed by atoms with Crippen LogP contribution in [0.5, 0.6) is 5.75 Å². The highest BCUT2D eigenvalue weighted by Crippen LogP contribution is 2.32. The van der Waals surface area contributed by atoms with Crippen molar-refractivity contribution in [3.8, 4) is 11.4 Å². The van der Waals surface area contributed by atoms with E-state index in [-0.39, 0.29) is 5.57 Å². The minimum absolute atomic E-state index is 0.0807. The lowest BCUT2D eigenvalue weighted by Gasteiger charge is -2.14. The first kappa shape index (κ1) is 19.8. The summed E-state index contributed by atoms with van der Waals surface area (Å²) in [7, 11) is 1.60. The summed E-state index contributed by atoms with van der Waals surface area (Å²) in [5.74, 6) is -0.157. The van der Waals surface area contributed by atoms with Crippen molar-refractivity contribution in [2.45, 2.75) is 13.8 Å². The maximum atomic E-state index is 12.9. The van der Waals surface area contributed by atoms with Crippen LogP contribution in [-0.4, -0.2) is 23.5 Å². The number of ether oxygens (including phenoxy) is 1. The molecule has 2 aromatic carbocycles. The molecule has 4 rings (SSSR count). The van der Waals surface area contributed by atoms with Gasteiger partial charge in [0.25, 0.3) is 11.8 Å². The number of carbonyl (C=O) groups is 2. The number of halogens is 1. The van der Waals surface area contributed by atoms with Crippen LogP contribution in [0.1, 0.15) is 17.0 Å². The van der Waals surface area contributed by atoms with E-state index in [1.165, 1.54) is 5.01 Å². The largest absolute Gasteiger partial charge is 0.495 e. The van der Waals surface area contributed by atoms with Crippen LogP contribution in [0.25, 0.3) is 11.8 Å². The molecule has 1 aliphatic heterocycles. The van der Waals surface area contributed by atoms with E-state index in [1.54, 1.807) is 37.5 Å². The van der Waals surface area contributed by atoms with Crippen LogP contribution in [0, 0.1) is 13.8 Å². The molecule has 0 radical (unpaired) electrons. The Hall–Kier alpha value is -3.51. The van der Waals surface area contributed by atoms with E-state index >= 15 is 0 Å². The third-order valence-electron chi connectivity index (χ3n) is 5.06. The molecule has 7 heteroatoms. The highest BCUT2D eigenvalue weighted by Gasteiger charge is 2.34. The van der Waals surface area contributed by atoms with E-state index in [0.717, 1.165) is 22.6 Å². The highest BCUT2D eigenvalue weighted by atomic mass is 35.5. The van der Waals surface area contributed by atoms with Gasteiger partial charge in [-0.05, 0) is 61.9 Å². The lowest BCUT2D eigenvalue weighted by Crippen LogP contribution is -2.35. The van der Waals surface area contributed by atoms with Crippen molar-refractivity contribution in [1.29, 1.82) is 0 Å². The predicted octanol–water partition coefficient (Wildman–Crippen LogP) is 4.22. The van der Waals surface area contributed by atoms with Crippen molar-refractivity contribution in [3.05, 3.63) is 82.1 Å². The second-order valence-corrected chi connectivity index (χ2v) is 7.39. The SMILES string of the molecule is COc1ccc(Cl)cc1-n1c(C)cc(/C=C2/C(=O)NN(c3ccccc3)C2=O)c1C. The highest BCUT2D eigenvalue weighted by molar-refractivity contribution is 6.31. The first-order valence-corrected chi connectivity index (χ1v) is 9.73. The van der Waals surface area contributed by atoms with Gasteiger partial charge in [0, 0.05) is 16.4 Å². The number of hydrogen-bond acceptors (Lipinski definition) is 3. The van der Waals surface area contributed by atoms with Crippen molar-refractivity contribution < 1.29 is 14.3 Å². The molecule has 2 heterocycles. The number of anilines is 1.